The predicted molar refractivity (Wildman–Crippen MR) is 54.3 cm³/mol. The largest absolute Gasteiger partial charge is 0.379 e. The molecule has 0 amide bonds. The Labute approximate surface area is 85.8 Å². The molecule has 0 unspecified atom stereocenters. The molecule has 1 aliphatic carbocycles. The van der Waals surface area contributed by atoms with Gasteiger partial charge in [-0.15, -0.1) is 0 Å². The third-order valence-corrected chi connectivity index (χ3v) is 2.61. The van der Waals surface area contributed by atoms with E-state index in [-0.39, 0.29) is 0 Å². The van der Waals surface area contributed by atoms with Gasteiger partial charge in [-0.3, -0.25) is 0 Å². The Bertz CT molecular complexity index is 151. The van der Waals surface area contributed by atoms with E-state index >= 15 is 0 Å². The normalized spacial score (nSPS) is 27.5. The summed E-state index contributed by atoms with van der Waals surface area (Å²) in [7, 11) is 0. The second-order valence-corrected chi connectivity index (χ2v) is 3.68. The van der Waals surface area contributed by atoms with Crippen LogP contribution in [0.3, 0.4) is 0 Å². The van der Waals surface area contributed by atoms with Crippen molar-refractivity contribution in [2.75, 3.05) is 13.2 Å². The smallest absolute Gasteiger partial charge is 0.122 e. The zero-order chi connectivity index (χ0) is 10.2. The summed E-state index contributed by atoms with van der Waals surface area (Å²) in [6.45, 7) is 3.42. The lowest BCUT2D eigenvalue weighted by Crippen LogP contribution is -2.26. The van der Waals surface area contributed by atoms with Crippen molar-refractivity contribution < 1.29 is 14.3 Å². The minimum atomic E-state index is 0.353. The van der Waals surface area contributed by atoms with E-state index in [9.17, 15) is 4.79 Å². The van der Waals surface area contributed by atoms with Crippen LogP contribution in [-0.4, -0.2) is 31.7 Å². The molecule has 3 nitrogen and oxygen atoms in total. The highest BCUT2D eigenvalue weighted by Gasteiger charge is 2.21. The van der Waals surface area contributed by atoms with E-state index < -0.39 is 0 Å². The maximum absolute atomic E-state index is 10.1. The fraction of sp³-hybridized carbons (Fsp3) is 0.909. The molecule has 1 saturated carbocycles. The fourth-order valence-electron chi connectivity index (χ4n) is 1.88. The van der Waals surface area contributed by atoms with Gasteiger partial charge in [0.2, 0.25) is 0 Å². The van der Waals surface area contributed by atoms with Crippen molar-refractivity contribution in [1.29, 1.82) is 0 Å². The molecule has 0 aromatic rings. The molecule has 1 rings (SSSR count). The van der Waals surface area contributed by atoms with Gasteiger partial charge in [-0.05, 0) is 32.6 Å². The lowest BCUT2D eigenvalue weighted by molar-refractivity contribution is -0.109. The lowest BCUT2D eigenvalue weighted by atomic mass is 9.95. The van der Waals surface area contributed by atoms with Crippen molar-refractivity contribution in [2.45, 2.75) is 51.2 Å². The topological polar surface area (TPSA) is 35.5 Å². The van der Waals surface area contributed by atoms with Crippen molar-refractivity contribution in [3.05, 3.63) is 0 Å². The van der Waals surface area contributed by atoms with Gasteiger partial charge in [0.25, 0.3) is 0 Å². The third-order valence-electron chi connectivity index (χ3n) is 2.61. The van der Waals surface area contributed by atoms with Crippen LogP contribution >= 0.6 is 0 Å². The van der Waals surface area contributed by atoms with Crippen molar-refractivity contribution in [2.24, 2.45) is 0 Å². The third kappa shape index (κ3) is 4.20. The van der Waals surface area contributed by atoms with Gasteiger partial charge in [-0.25, -0.2) is 0 Å². The maximum atomic E-state index is 10.1. The summed E-state index contributed by atoms with van der Waals surface area (Å²) in [6, 6.07) is 0. The summed E-state index contributed by atoms with van der Waals surface area (Å²) in [5, 5.41) is 0. The molecule has 0 heterocycles. The number of ether oxygens (including phenoxy) is 2. The Hall–Kier alpha value is -0.410. The van der Waals surface area contributed by atoms with E-state index in [0.29, 0.717) is 25.2 Å². The molecule has 0 saturated heterocycles. The van der Waals surface area contributed by atoms with Crippen LogP contribution in [0.5, 0.6) is 0 Å². The van der Waals surface area contributed by atoms with Crippen LogP contribution in [0, 0.1) is 0 Å². The monoisotopic (exact) mass is 200 g/mol. The van der Waals surface area contributed by atoms with Crippen molar-refractivity contribution in [3.8, 4) is 0 Å². The summed E-state index contributed by atoms with van der Waals surface area (Å²) in [6.07, 6.45) is 6.56. The summed E-state index contributed by atoms with van der Waals surface area (Å²) < 4.78 is 11.1. The van der Waals surface area contributed by atoms with Gasteiger partial charge in [0, 0.05) is 13.0 Å². The van der Waals surface area contributed by atoms with E-state index in [0.717, 1.165) is 38.6 Å². The minimum Gasteiger partial charge on any atom is -0.379 e. The fourth-order valence-corrected chi connectivity index (χ4v) is 1.88. The zero-order valence-corrected chi connectivity index (χ0v) is 8.91. The van der Waals surface area contributed by atoms with E-state index in [1.54, 1.807) is 0 Å². The molecule has 0 aromatic heterocycles. The second-order valence-electron chi connectivity index (χ2n) is 3.68. The highest BCUT2D eigenvalue weighted by Crippen LogP contribution is 2.23. The SMILES string of the molecule is CCOC1CCC(OCCC=O)CC1. The first-order valence-corrected chi connectivity index (χ1v) is 5.53. The van der Waals surface area contributed by atoms with Gasteiger partial charge in [-0.2, -0.15) is 0 Å². The molecule has 0 aromatic carbocycles. The number of rotatable bonds is 6. The quantitative estimate of drug-likeness (QED) is 0.485. The Balaban J connectivity index is 2.06. The Morgan fingerprint density at radius 1 is 1.14 bits per heavy atom. The van der Waals surface area contributed by atoms with Crippen molar-refractivity contribution >= 4 is 6.29 Å². The van der Waals surface area contributed by atoms with Crippen LogP contribution in [0.15, 0.2) is 0 Å². The first kappa shape index (κ1) is 11.7. The number of carbonyl (C=O) groups is 1. The van der Waals surface area contributed by atoms with E-state index in [4.69, 9.17) is 9.47 Å². The van der Waals surface area contributed by atoms with E-state index in [1.165, 1.54) is 0 Å². The zero-order valence-electron chi connectivity index (χ0n) is 8.91. The van der Waals surface area contributed by atoms with Crippen LogP contribution in [0.25, 0.3) is 0 Å². The highest BCUT2D eigenvalue weighted by atomic mass is 16.5. The van der Waals surface area contributed by atoms with Gasteiger partial charge in [0.05, 0.1) is 18.8 Å². The van der Waals surface area contributed by atoms with E-state index in [2.05, 4.69) is 0 Å². The summed E-state index contributed by atoms with van der Waals surface area (Å²) in [5.41, 5.74) is 0. The van der Waals surface area contributed by atoms with Gasteiger partial charge >= 0.3 is 0 Å². The van der Waals surface area contributed by atoms with Crippen molar-refractivity contribution in [3.63, 3.8) is 0 Å². The average Bonchev–Trinajstić information content (AvgIpc) is 2.21. The van der Waals surface area contributed by atoms with Crippen LogP contribution in [-0.2, 0) is 14.3 Å². The summed E-state index contributed by atoms with van der Waals surface area (Å²) >= 11 is 0. The molecular formula is C11H20O3. The van der Waals surface area contributed by atoms with Gasteiger partial charge in [-0.1, -0.05) is 0 Å². The van der Waals surface area contributed by atoms with Crippen LogP contribution in [0.1, 0.15) is 39.0 Å². The summed E-state index contributed by atoms with van der Waals surface area (Å²) in [5.74, 6) is 0. The molecule has 1 fully saturated rings. The molecule has 0 radical (unpaired) electrons. The molecule has 0 aliphatic heterocycles. The first-order chi connectivity index (χ1) is 6.86. The molecule has 0 spiro atoms. The molecule has 3 heteroatoms. The Kier molecular flexibility index (Phi) is 5.80. The maximum Gasteiger partial charge on any atom is 0.122 e. The second kappa shape index (κ2) is 6.96. The van der Waals surface area contributed by atoms with Gasteiger partial charge in [0.1, 0.15) is 6.29 Å². The number of hydrogen-bond donors (Lipinski definition) is 0. The number of aldehydes is 1. The van der Waals surface area contributed by atoms with Crippen LogP contribution in [0.4, 0.5) is 0 Å². The predicted octanol–water partition coefficient (Wildman–Crippen LogP) is 1.94. The highest BCUT2D eigenvalue weighted by molar-refractivity contribution is 5.49. The lowest BCUT2D eigenvalue weighted by Gasteiger charge is -2.28. The molecule has 0 bridgehead atoms. The molecule has 0 atom stereocenters. The standard InChI is InChI=1S/C11H20O3/c1-2-13-10-4-6-11(7-5-10)14-9-3-8-12/h8,10-11H,2-7,9H2,1H3. The van der Waals surface area contributed by atoms with Crippen LogP contribution < -0.4 is 0 Å². The molecule has 1 aliphatic rings. The number of carbonyl (C=O) groups excluding carboxylic acids is 1. The van der Waals surface area contributed by atoms with E-state index in [1.807, 2.05) is 6.92 Å². The molecule has 14 heavy (non-hydrogen) atoms. The van der Waals surface area contributed by atoms with Gasteiger partial charge < -0.3 is 14.3 Å². The molecular weight excluding hydrogens is 180 g/mol. The van der Waals surface area contributed by atoms with Crippen LogP contribution in [0.2, 0.25) is 0 Å². The summed E-state index contributed by atoms with van der Waals surface area (Å²) in [4.78, 5) is 10.1. The van der Waals surface area contributed by atoms with Gasteiger partial charge in [0.15, 0.2) is 0 Å². The first-order valence-electron chi connectivity index (χ1n) is 5.53. The molecule has 82 valence electrons. The molecule has 0 N–H and O–H groups in total. The van der Waals surface area contributed by atoms with Crippen molar-refractivity contribution in [1.82, 2.24) is 0 Å². The Morgan fingerprint density at radius 3 is 2.21 bits per heavy atom. The number of hydrogen-bond acceptors (Lipinski definition) is 3. The minimum absolute atomic E-state index is 0.353. The Morgan fingerprint density at radius 2 is 1.71 bits per heavy atom. The average molecular weight is 200 g/mol.